The molecule has 0 radical (unpaired) electrons. The molecule has 4 heteroatoms. The molecular weight excluding hydrogens is 252 g/mol. The largest absolute Gasteiger partial charge is 0.466 e. The molecule has 20 heavy (non-hydrogen) atoms. The Hall–Kier alpha value is -2.23. The highest BCUT2D eigenvalue weighted by molar-refractivity contribution is 6.06. The zero-order chi connectivity index (χ0) is 14.7. The summed E-state index contributed by atoms with van der Waals surface area (Å²) in [5.41, 5.74) is 2.39. The Kier molecular flexibility index (Phi) is 4.13. The lowest BCUT2D eigenvalue weighted by atomic mass is 10.2. The summed E-state index contributed by atoms with van der Waals surface area (Å²) in [7, 11) is 2.00. The summed E-state index contributed by atoms with van der Waals surface area (Å²) in [6, 6.07) is 9.53. The number of carbonyl (C=O) groups is 1. The van der Waals surface area contributed by atoms with Gasteiger partial charge in [0.05, 0.1) is 16.9 Å². The standard InChI is InChI=1S/C16H20N2O2/c1-5-18(4)15-9-7-6-8-14(15)17-16(19)13-10-11(2)20-12(13)3/h6-10H,5H2,1-4H3,(H,17,19). The van der Waals surface area contributed by atoms with E-state index in [0.717, 1.165) is 23.7 Å². The molecule has 0 atom stereocenters. The Labute approximate surface area is 119 Å². The van der Waals surface area contributed by atoms with Crippen LogP contribution in [0.5, 0.6) is 0 Å². The first-order valence-electron chi connectivity index (χ1n) is 6.71. The first-order valence-corrected chi connectivity index (χ1v) is 6.71. The molecule has 106 valence electrons. The molecule has 1 N–H and O–H groups in total. The molecule has 0 aliphatic heterocycles. The van der Waals surface area contributed by atoms with Gasteiger partial charge in [0.25, 0.3) is 5.91 Å². The van der Waals surface area contributed by atoms with Crippen molar-refractivity contribution in [3.63, 3.8) is 0 Å². The van der Waals surface area contributed by atoms with E-state index in [-0.39, 0.29) is 5.91 Å². The summed E-state index contributed by atoms with van der Waals surface area (Å²) in [5, 5.41) is 2.96. The van der Waals surface area contributed by atoms with Crippen molar-refractivity contribution < 1.29 is 9.21 Å². The Morgan fingerprint density at radius 2 is 2.00 bits per heavy atom. The number of amides is 1. The number of hydrogen-bond acceptors (Lipinski definition) is 3. The van der Waals surface area contributed by atoms with E-state index < -0.39 is 0 Å². The van der Waals surface area contributed by atoms with Gasteiger partial charge < -0.3 is 14.6 Å². The number of carbonyl (C=O) groups excluding carboxylic acids is 1. The number of rotatable bonds is 4. The van der Waals surface area contributed by atoms with E-state index >= 15 is 0 Å². The topological polar surface area (TPSA) is 45.5 Å². The predicted octanol–water partition coefficient (Wildman–Crippen LogP) is 3.60. The van der Waals surface area contributed by atoms with Crippen molar-refractivity contribution in [2.24, 2.45) is 0 Å². The number of nitrogens with one attached hydrogen (secondary N) is 1. The van der Waals surface area contributed by atoms with E-state index in [1.807, 2.05) is 38.2 Å². The van der Waals surface area contributed by atoms with Crippen LogP contribution >= 0.6 is 0 Å². The Bertz CT molecular complexity index is 617. The highest BCUT2D eigenvalue weighted by Gasteiger charge is 2.15. The van der Waals surface area contributed by atoms with E-state index in [2.05, 4.69) is 17.1 Å². The van der Waals surface area contributed by atoms with Gasteiger partial charge in [-0.1, -0.05) is 12.1 Å². The minimum Gasteiger partial charge on any atom is -0.466 e. The number of para-hydroxylation sites is 2. The van der Waals surface area contributed by atoms with Crippen LogP contribution in [0.1, 0.15) is 28.8 Å². The van der Waals surface area contributed by atoms with Crippen LogP contribution in [0.4, 0.5) is 11.4 Å². The molecule has 0 unspecified atom stereocenters. The quantitative estimate of drug-likeness (QED) is 0.924. The SMILES string of the molecule is CCN(C)c1ccccc1NC(=O)c1cc(C)oc1C. The minimum absolute atomic E-state index is 0.142. The molecule has 1 amide bonds. The minimum atomic E-state index is -0.142. The van der Waals surface area contributed by atoms with Crippen LogP contribution in [0.15, 0.2) is 34.7 Å². The summed E-state index contributed by atoms with van der Waals surface area (Å²) < 4.78 is 5.40. The average Bonchev–Trinajstić information content (AvgIpc) is 2.77. The maximum atomic E-state index is 12.3. The fourth-order valence-corrected chi connectivity index (χ4v) is 2.13. The lowest BCUT2D eigenvalue weighted by Crippen LogP contribution is -2.20. The van der Waals surface area contributed by atoms with Gasteiger partial charge in [-0.05, 0) is 39.0 Å². The lowest BCUT2D eigenvalue weighted by Gasteiger charge is -2.20. The van der Waals surface area contributed by atoms with Crippen molar-refractivity contribution in [1.82, 2.24) is 0 Å². The molecule has 0 fully saturated rings. The first kappa shape index (κ1) is 14.2. The monoisotopic (exact) mass is 272 g/mol. The van der Waals surface area contributed by atoms with Gasteiger partial charge in [-0.15, -0.1) is 0 Å². The third-order valence-corrected chi connectivity index (χ3v) is 3.32. The van der Waals surface area contributed by atoms with Gasteiger partial charge >= 0.3 is 0 Å². The number of hydrogen-bond donors (Lipinski definition) is 1. The van der Waals surface area contributed by atoms with Crippen molar-refractivity contribution in [2.45, 2.75) is 20.8 Å². The van der Waals surface area contributed by atoms with Crippen LogP contribution in [0.25, 0.3) is 0 Å². The van der Waals surface area contributed by atoms with Gasteiger partial charge in [0, 0.05) is 13.6 Å². The molecule has 1 heterocycles. The van der Waals surface area contributed by atoms with Gasteiger partial charge in [0.1, 0.15) is 11.5 Å². The van der Waals surface area contributed by atoms with Crippen LogP contribution in [0.3, 0.4) is 0 Å². The maximum absolute atomic E-state index is 12.3. The van der Waals surface area contributed by atoms with Crippen molar-refractivity contribution in [1.29, 1.82) is 0 Å². The lowest BCUT2D eigenvalue weighted by molar-refractivity contribution is 0.102. The second-order valence-electron chi connectivity index (χ2n) is 4.81. The van der Waals surface area contributed by atoms with Crippen LogP contribution in [-0.4, -0.2) is 19.5 Å². The van der Waals surface area contributed by atoms with E-state index in [4.69, 9.17) is 4.42 Å². The van der Waals surface area contributed by atoms with Crippen LogP contribution < -0.4 is 10.2 Å². The van der Waals surface area contributed by atoms with Crippen LogP contribution in [-0.2, 0) is 0 Å². The van der Waals surface area contributed by atoms with Crippen molar-refractivity contribution in [3.8, 4) is 0 Å². The van der Waals surface area contributed by atoms with Crippen molar-refractivity contribution >= 4 is 17.3 Å². The van der Waals surface area contributed by atoms with Crippen LogP contribution in [0.2, 0.25) is 0 Å². The molecule has 2 aromatic rings. The first-order chi connectivity index (χ1) is 9.52. The van der Waals surface area contributed by atoms with Crippen molar-refractivity contribution in [2.75, 3.05) is 23.8 Å². The molecule has 1 aromatic heterocycles. The fraction of sp³-hybridized carbons (Fsp3) is 0.312. The summed E-state index contributed by atoms with van der Waals surface area (Å²) >= 11 is 0. The summed E-state index contributed by atoms with van der Waals surface area (Å²) in [6.45, 7) is 6.58. The van der Waals surface area contributed by atoms with Crippen LogP contribution in [0, 0.1) is 13.8 Å². The summed E-state index contributed by atoms with van der Waals surface area (Å²) in [4.78, 5) is 14.4. The molecule has 0 aliphatic carbocycles. The number of furan rings is 1. The summed E-state index contributed by atoms with van der Waals surface area (Å²) in [5.74, 6) is 1.24. The van der Waals surface area contributed by atoms with Gasteiger partial charge in [-0.2, -0.15) is 0 Å². The predicted molar refractivity (Wildman–Crippen MR) is 81.5 cm³/mol. The summed E-state index contributed by atoms with van der Waals surface area (Å²) in [6.07, 6.45) is 0. The molecule has 2 rings (SSSR count). The number of aryl methyl sites for hydroxylation is 2. The molecule has 0 aliphatic rings. The maximum Gasteiger partial charge on any atom is 0.259 e. The molecule has 0 saturated carbocycles. The molecule has 0 spiro atoms. The number of benzene rings is 1. The second-order valence-corrected chi connectivity index (χ2v) is 4.81. The average molecular weight is 272 g/mol. The zero-order valence-corrected chi connectivity index (χ0v) is 12.4. The Morgan fingerprint density at radius 1 is 1.30 bits per heavy atom. The third kappa shape index (κ3) is 2.85. The van der Waals surface area contributed by atoms with E-state index in [1.54, 1.807) is 13.0 Å². The van der Waals surface area contributed by atoms with E-state index in [1.165, 1.54) is 0 Å². The van der Waals surface area contributed by atoms with E-state index in [0.29, 0.717) is 11.3 Å². The Balaban J connectivity index is 2.26. The molecule has 1 aromatic carbocycles. The number of nitrogens with zero attached hydrogens (tertiary/aromatic N) is 1. The Morgan fingerprint density at radius 3 is 2.60 bits per heavy atom. The highest BCUT2D eigenvalue weighted by atomic mass is 16.3. The molecular formula is C16H20N2O2. The normalized spacial score (nSPS) is 10.4. The second kappa shape index (κ2) is 5.82. The molecule has 0 bridgehead atoms. The third-order valence-electron chi connectivity index (χ3n) is 3.32. The van der Waals surface area contributed by atoms with Gasteiger partial charge in [0.2, 0.25) is 0 Å². The highest BCUT2D eigenvalue weighted by Crippen LogP contribution is 2.25. The van der Waals surface area contributed by atoms with Crippen molar-refractivity contribution in [3.05, 3.63) is 47.4 Å². The fourth-order valence-electron chi connectivity index (χ4n) is 2.13. The molecule has 0 saturated heterocycles. The number of anilines is 2. The van der Waals surface area contributed by atoms with Gasteiger partial charge in [-0.3, -0.25) is 4.79 Å². The molecule has 4 nitrogen and oxygen atoms in total. The van der Waals surface area contributed by atoms with Gasteiger partial charge in [0.15, 0.2) is 0 Å². The van der Waals surface area contributed by atoms with Gasteiger partial charge in [-0.25, -0.2) is 0 Å². The zero-order valence-electron chi connectivity index (χ0n) is 12.4. The van der Waals surface area contributed by atoms with E-state index in [9.17, 15) is 4.79 Å². The smallest absolute Gasteiger partial charge is 0.259 e.